The summed E-state index contributed by atoms with van der Waals surface area (Å²) in [4.78, 5) is 12.1. The monoisotopic (exact) mass is 536 g/mol. The standard InChI is InChI=1S/C34H64O4/c1-3-5-7-9-11-13-15-17-19-21-23-25-27-29-34(36)38-33(31-35)32-37-30-28-26-24-22-20-18-16-14-12-10-8-6-4-2/h12-15,33,35H,3-11,16-32H2,1-2H3/b14-12-,15-13-. The van der Waals surface area contributed by atoms with Gasteiger partial charge in [0.1, 0.15) is 6.10 Å². The van der Waals surface area contributed by atoms with Crippen LogP contribution >= 0.6 is 0 Å². The van der Waals surface area contributed by atoms with Gasteiger partial charge < -0.3 is 14.6 Å². The van der Waals surface area contributed by atoms with Gasteiger partial charge in [0, 0.05) is 13.0 Å². The van der Waals surface area contributed by atoms with Gasteiger partial charge in [-0.3, -0.25) is 4.79 Å². The highest BCUT2D eigenvalue weighted by Gasteiger charge is 2.13. The van der Waals surface area contributed by atoms with Gasteiger partial charge in [-0.15, -0.1) is 0 Å². The molecule has 0 aliphatic carbocycles. The Morgan fingerprint density at radius 2 is 1.03 bits per heavy atom. The number of rotatable bonds is 30. The van der Waals surface area contributed by atoms with Crippen molar-refractivity contribution in [3.8, 4) is 0 Å². The van der Waals surface area contributed by atoms with Crippen LogP contribution in [0.15, 0.2) is 24.3 Å². The van der Waals surface area contributed by atoms with Crippen molar-refractivity contribution in [1.82, 2.24) is 0 Å². The second-order valence-corrected chi connectivity index (χ2v) is 10.9. The first-order valence-corrected chi connectivity index (χ1v) is 16.4. The van der Waals surface area contributed by atoms with E-state index in [1.807, 2.05) is 0 Å². The van der Waals surface area contributed by atoms with Crippen molar-refractivity contribution >= 4 is 5.97 Å². The number of carbonyl (C=O) groups excluding carboxylic acids is 1. The first kappa shape index (κ1) is 36.9. The minimum absolute atomic E-state index is 0.176. The van der Waals surface area contributed by atoms with E-state index in [0.29, 0.717) is 19.6 Å². The van der Waals surface area contributed by atoms with Crippen molar-refractivity contribution < 1.29 is 19.4 Å². The fraction of sp³-hybridized carbons (Fsp3) is 0.853. The zero-order valence-corrected chi connectivity index (χ0v) is 25.4. The molecule has 0 aromatic rings. The van der Waals surface area contributed by atoms with Crippen LogP contribution in [0.25, 0.3) is 0 Å². The van der Waals surface area contributed by atoms with E-state index in [9.17, 15) is 9.90 Å². The number of unbranched alkanes of at least 4 members (excludes halogenated alkanes) is 18. The molecule has 0 aliphatic rings. The summed E-state index contributed by atoms with van der Waals surface area (Å²) in [5, 5.41) is 9.51. The molecule has 224 valence electrons. The van der Waals surface area contributed by atoms with Crippen LogP contribution in [0.4, 0.5) is 0 Å². The molecule has 0 bridgehead atoms. The van der Waals surface area contributed by atoms with Gasteiger partial charge in [0.15, 0.2) is 0 Å². The Bertz CT molecular complexity index is 529. The second kappa shape index (κ2) is 32.1. The molecule has 0 radical (unpaired) electrons. The van der Waals surface area contributed by atoms with E-state index in [-0.39, 0.29) is 12.6 Å². The number of carbonyl (C=O) groups is 1. The zero-order chi connectivity index (χ0) is 27.8. The van der Waals surface area contributed by atoms with E-state index >= 15 is 0 Å². The van der Waals surface area contributed by atoms with Crippen molar-refractivity contribution in [2.75, 3.05) is 19.8 Å². The van der Waals surface area contributed by atoms with Gasteiger partial charge in [0.2, 0.25) is 0 Å². The Labute approximate surface area is 237 Å². The highest BCUT2D eigenvalue weighted by atomic mass is 16.6. The van der Waals surface area contributed by atoms with Crippen LogP contribution in [0.3, 0.4) is 0 Å². The molecule has 0 amide bonds. The van der Waals surface area contributed by atoms with Gasteiger partial charge in [-0.25, -0.2) is 0 Å². The zero-order valence-electron chi connectivity index (χ0n) is 25.4. The van der Waals surface area contributed by atoms with E-state index < -0.39 is 6.10 Å². The van der Waals surface area contributed by atoms with Crippen LogP contribution in [0, 0.1) is 0 Å². The number of aliphatic hydroxyl groups is 1. The molecule has 4 heteroatoms. The fourth-order valence-electron chi connectivity index (χ4n) is 4.49. The molecule has 0 rings (SSSR count). The second-order valence-electron chi connectivity index (χ2n) is 10.9. The van der Waals surface area contributed by atoms with Crippen molar-refractivity contribution in [2.45, 2.75) is 168 Å². The lowest BCUT2D eigenvalue weighted by Gasteiger charge is -2.15. The minimum Gasteiger partial charge on any atom is -0.457 e. The summed E-state index contributed by atoms with van der Waals surface area (Å²) < 4.78 is 11.1. The maximum absolute atomic E-state index is 12.1. The van der Waals surface area contributed by atoms with Crippen LogP contribution < -0.4 is 0 Å². The molecule has 38 heavy (non-hydrogen) atoms. The molecule has 0 heterocycles. The molecule has 1 atom stereocenters. The smallest absolute Gasteiger partial charge is 0.306 e. The lowest BCUT2D eigenvalue weighted by molar-refractivity contribution is -0.154. The Morgan fingerprint density at radius 1 is 0.605 bits per heavy atom. The normalized spacial score (nSPS) is 12.6. The molecule has 0 aliphatic heterocycles. The largest absolute Gasteiger partial charge is 0.457 e. The van der Waals surface area contributed by atoms with Crippen LogP contribution in [0.1, 0.15) is 162 Å². The van der Waals surface area contributed by atoms with Crippen LogP contribution in [-0.2, 0) is 14.3 Å². The van der Waals surface area contributed by atoms with Crippen molar-refractivity contribution in [1.29, 1.82) is 0 Å². The van der Waals surface area contributed by atoms with E-state index in [2.05, 4.69) is 38.2 Å². The number of allylic oxidation sites excluding steroid dienone is 4. The quantitative estimate of drug-likeness (QED) is 0.0563. The first-order valence-electron chi connectivity index (χ1n) is 16.4. The summed E-state index contributed by atoms with van der Waals surface area (Å²) in [6.07, 6.45) is 36.3. The van der Waals surface area contributed by atoms with Crippen molar-refractivity contribution in [3.05, 3.63) is 24.3 Å². The van der Waals surface area contributed by atoms with E-state index in [4.69, 9.17) is 9.47 Å². The van der Waals surface area contributed by atoms with Gasteiger partial charge in [-0.1, -0.05) is 115 Å². The predicted octanol–water partition coefficient (Wildman–Crippen LogP) is 10.0. The first-order chi connectivity index (χ1) is 18.7. The van der Waals surface area contributed by atoms with Gasteiger partial charge in [-0.2, -0.15) is 0 Å². The minimum atomic E-state index is -0.536. The lowest BCUT2D eigenvalue weighted by Crippen LogP contribution is -2.27. The van der Waals surface area contributed by atoms with Crippen LogP contribution in [-0.4, -0.2) is 37.0 Å². The molecular formula is C34H64O4. The molecular weight excluding hydrogens is 472 g/mol. The average molecular weight is 537 g/mol. The number of ether oxygens (including phenoxy) is 2. The number of hydrogen-bond acceptors (Lipinski definition) is 4. The SMILES string of the molecule is CCCCC/C=C\CCCCCCCCOCC(CO)OC(=O)CCCCCCC/C=C\CCCCCC. The molecule has 0 saturated heterocycles. The van der Waals surface area contributed by atoms with Gasteiger partial charge in [-0.05, 0) is 64.2 Å². The van der Waals surface area contributed by atoms with Crippen LogP contribution in [0.5, 0.6) is 0 Å². The highest BCUT2D eigenvalue weighted by molar-refractivity contribution is 5.69. The Morgan fingerprint density at radius 3 is 1.55 bits per heavy atom. The van der Waals surface area contributed by atoms with Crippen LogP contribution in [0.2, 0.25) is 0 Å². The maximum Gasteiger partial charge on any atom is 0.306 e. The Kier molecular flexibility index (Phi) is 31.1. The topological polar surface area (TPSA) is 55.8 Å². The molecule has 0 aromatic carbocycles. The van der Waals surface area contributed by atoms with Gasteiger partial charge in [0.05, 0.1) is 13.2 Å². The molecule has 1 N–H and O–H groups in total. The fourth-order valence-corrected chi connectivity index (χ4v) is 4.49. The number of esters is 1. The Hall–Kier alpha value is -1.13. The summed E-state index contributed by atoms with van der Waals surface area (Å²) in [7, 11) is 0. The third-order valence-electron chi connectivity index (χ3n) is 7.00. The molecule has 0 saturated carbocycles. The predicted molar refractivity (Wildman–Crippen MR) is 164 cm³/mol. The van der Waals surface area contributed by atoms with E-state index in [1.54, 1.807) is 0 Å². The lowest BCUT2D eigenvalue weighted by atomic mass is 10.1. The van der Waals surface area contributed by atoms with Crippen molar-refractivity contribution in [2.24, 2.45) is 0 Å². The molecule has 0 spiro atoms. The summed E-state index contributed by atoms with van der Waals surface area (Å²) >= 11 is 0. The molecule has 4 nitrogen and oxygen atoms in total. The van der Waals surface area contributed by atoms with Gasteiger partial charge in [0.25, 0.3) is 0 Å². The van der Waals surface area contributed by atoms with E-state index in [0.717, 1.165) is 19.3 Å². The maximum atomic E-state index is 12.1. The third kappa shape index (κ3) is 29.4. The van der Waals surface area contributed by atoms with Crippen molar-refractivity contribution in [3.63, 3.8) is 0 Å². The summed E-state index contributed by atoms with van der Waals surface area (Å²) in [5.74, 6) is -0.213. The molecule has 0 aromatic heterocycles. The summed E-state index contributed by atoms with van der Waals surface area (Å²) in [5.41, 5.74) is 0. The average Bonchev–Trinajstić information content (AvgIpc) is 2.92. The number of hydrogen-bond donors (Lipinski definition) is 1. The third-order valence-corrected chi connectivity index (χ3v) is 7.00. The molecule has 1 unspecified atom stereocenters. The molecule has 0 fully saturated rings. The number of aliphatic hydroxyl groups excluding tert-OH is 1. The highest BCUT2D eigenvalue weighted by Crippen LogP contribution is 2.11. The van der Waals surface area contributed by atoms with Gasteiger partial charge >= 0.3 is 5.97 Å². The summed E-state index contributed by atoms with van der Waals surface area (Å²) in [6, 6.07) is 0. The Balaban J connectivity index is 3.47. The summed E-state index contributed by atoms with van der Waals surface area (Å²) in [6.45, 7) is 5.28. The van der Waals surface area contributed by atoms with E-state index in [1.165, 1.54) is 122 Å².